The Morgan fingerprint density at radius 3 is 2.40 bits per heavy atom. The molecule has 3 aromatic rings. The van der Waals surface area contributed by atoms with Gasteiger partial charge in [0.2, 0.25) is 0 Å². The Hall–Kier alpha value is -1.83. The van der Waals surface area contributed by atoms with Crippen molar-refractivity contribution in [2.45, 2.75) is 11.3 Å². The van der Waals surface area contributed by atoms with Crippen LogP contribution in [0, 0.1) is 3.95 Å². The molecule has 3 rings (SSSR count). The van der Waals surface area contributed by atoms with Crippen LogP contribution >= 0.6 is 35.3 Å². The third-order valence-electron chi connectivity index (χ3n) is 3.24. The smallest absolute Gasteiger partial charge is 0.184 e. The molecule has 0 saturated heterocycles. The van der Waals surface area contributed by atoms with E-state index in [2.05, 4.69) is 5.10 Å². The van der Waals surface area contributed by atoms with Crippen molar-refractivity contribution < 1.29 is 9.47 Å². The van der Waals surface area contributed by atoms with Crippen LogP contribution in [0.3, 0.4) is 0 Å². The highest BCUT2D eigenvalue weighted by Gasteiger charge is 2.06. The zero-order chi connectivity index (χ0) is 17.5. The van der Waals surface area contributed by atoms with Crippen molar-refractivity contribution in [2.24, 2.45) is 0 Å². The first kappa shape index (κ1) is 18.0. The van der Waals surface area contributed by atoms with Gasteiger partial charge in [0.25, 0.3) is 0 Å². The lowest BCUT2D eigenvalue weighted by molar-refractivity contribution is 0.332. The van der Waals surface area contributed by atoms with Crippen LogP contribution in [0.4, 0.5) is 0 Å². The SMILES string of the molecule is CCOc1ccc(OCCSc2nn(-c3ccccc3)c(=S)s2)cc1. The summed E-state index contributed by atoms with van der Waals surface area (Å²) in [7, 11) is 0. The van der Waals surface area contributed by atoms with E-state index >= 15 is 0 Å². The van der Waals surface area contributed by atoms with Crippen molar-refractivity contribution in [1.29, 1.82) is 0 Å². The minimum Gasteiger partial charge on any atom is -0.494 e. The maximum atomic E-state index is 5.75. The van der Waals surface area contributed by atoms with Gasteiger partial charge in [0.15, 0.2) is 8.29 Å². The van der Waals surface area contributed by atoms with E-state index in [4.69, 9.17) is 21.7 Å². The molecule has 25 heavy (non-hydrogen) atoms. The van der Waals surface area contributed by atoms with Crippen LogP contribution in [0.2, 0.25) is 0 Å². The monoisotopic (exact) mass is 390 g/mol. The van der Waals surface area contributed by atoms with Crippen LogP contribution < -0.4 is 9.47 Å². The molecule has 2 aromatic carbocycles. The molecule has 0 atom stereocenters. The number of rotatable bonds is 8. The summed E-state index contributed by atoms with van der Waals surface area (Å²) in [6, 6.07) is 17.6. The summed E-state index contributed by atoms with van der Waals surface area (Å²) in [5, 5.41) is 4.58. The predicted octanol–water partition coefficient (Wildman–Crippen LogP) is 5.23. The van der Waals surface area contributed by atoms with Crippen LogP contribution in [0.15, 0.2) is 58.9 Å². The Labute approximate surface area is 160 Å². The molecule has 0 aliphatic rings. The van der Waals surface area contributed by atoms with Gasteiger partial charge < -0.3 is 9.47 Å². The van der Waals surface area contributed by atoms with Gasteiger partial charge in [-0.3, -0.25) is 0 Å². The first-order valence-corrected chi connectivity index (χ1v) is 10.1. The topological polar surface area (TPSA) is 36.3 Å². The standard InChI is InChI=1S/C18H18N2O2S3/c1-2-21-15-8-10-16(11-9-15)22-12-13-24-17-19-20(18(23)25-17)14-6-4-3-5-7-14/h3-11H,2,12-13H2,1H3. The number of benzene rings is 2. The number of thioether (sulfide) groups is 1. The zero-order valence-electron chi connectivity index (χ0n) is 13.8. The van der Waals surface area contributed by atoms with E-state index in [1.54, 1.807) is 16.4 Å². The minimum absolute atomic E-state index is 0.607. The average molecular weight is 391 g/mol. The van der Waals surface area contributed by atoms with Gasteiger partial charge in [-0.2, -0.15) is 0 Å². The first-order valence-electron chi connectivity index (χ1n) is 7.90. The van der Waals surface area contributed by atoms with Crippen LogP contribution in [-0.4, -0.2) is 28.7 Å². The molecular weight excluding hydrogens is 372 g/mol. The second-order valence-corrected chi connectivity index (χ2v) is 7.95. The predicted molar refractivity (Wildman–Crippen MR) is 106 cm³/mol. The summed E-state index contributed by atoms with van der Waals surface area (Å²) in [5.41, 5.74) is 0.987. The summed E-state index contributed by atoms with van der Waals surface area (Å²) in [6.07, 6.45) is 0. The summed E-state index contributed by atoms with van der Waals surface area (Å²) in [5.74, 6) is 2.51. The van der Waals surface area contributed by atoms with E-state index < -0.39 is 0 Å². The lowest BCUT2D eigenvalue weighted by atomic mass is 10.3. The Kier molecular flexibility index (Phi) is 6.49. The molecular formula is C18H18N2O2S3. The van der Waals surface area contributed by atoms with Gasteiger partial charge in [-0.15, -0.1) is 5.10 Å². The molecule has 1 heterocycles. The van der Waals surface area contributed by atoms with E-state index in [9.17, 15) is 0 Å². The van der Waals surface area contributed by atoms with Crippen molar-refractivity contribution in [3.63, 3.8) is 0 Å². The second kappa shape index (κ2) is 9.03. The largest absolute Gasteiger partial charge is 0.494 e. The fraction of sp³-hybridized carbons (Fsp3) is 0.222. The minimum atomic E-state index is 0.607. The Morgan fingerprint density at radius 1 is 1.04 bits per heavy atom. The molecule has 7 heteroatoms. The number of hydrogen-bond donors (Lipinski definition) is 0. The van der Waals surface area contributed by atoms with Crippen molar-refractivity contribution in [3.8, 4) is 17.2 Å². The van der Waals surface area contributed by atoms with E-state index in [1.165, 1.54) is 11.3 Å². The molecule has 0 aliphatic carbocycles. The molecule has 0 spiro atoms. The highest BCUT2D eigenvalue weighted by molar-refractivity contribution is 8.01. The fourth-order valence-electron chi connectivity index (χ4n) is 2.14. The molecule has 1 aromatic heterocycles. The van der Waals surface area contributed by atoms with Crippen molar-refractivity contribution in [1.82, 2.24) is 9.78 Å². The average Bonchev–Trinajstić information content (AvgIpc) is 3.02. The first-order chi connectivity index (χ1) is 12.3. The van der Waals surface area contributed by atoms with Gasteiger partial charge in [-0.1, -0.05) is 41.3 Å². The molecule has 0 N–H and O–H groups in total. The molecule has 0 unspecified atom stereocenters. The molecule has 0 fully saturated rings. The maximum absolute atomic E-state index is 5.75. The third-order valence-corrected chi connectivity index (χ3v) is 5.57. The number of nitrogens with zero attached hydrogens (tertiary/aromatic N) is 2. The van der Waals surface area contributed by atoms with Crippen molar-refractivity contribution in [2.75, 3.05) is 19.0 Å². The zero-order valence-corrected chi connectivity index (χ0v) is 16.2. The van der Waals surface area contributed by atoms with E-state index in [1.807, 2.05) is 61.5 Å². The highest BCUT2D eigenvalue weighted by atomic mass is 32.2. The lowest BCUT2D eigenvalue weighted by Crippen LogP contribution is -2.00. The summed E-state index contributed by atoms with van der Waals surface area (Å²) < 4.78 is 14.7. The van der Waals surface area contributed by atoms with Crippen LogP contribution in [0.5, 0.6) is 11.5 Å². The fourth-order valence-corrected chi connectivity index (χ4v) is 4.39. The van der Waals surface area contributed by atoms with E-state index in [0.29, 0.717) is 13.2 Å². The Bertz CT molecular complexity index is 845. The molecule has 0 bridgehead atoms. The molecule has 0 saturated carbocycles. The number of hydrogen-bond acceptors (Lipinski definition) is 6. The number of ether oxygens (including phenoxy) is 2. The summed E-state index contributed by atoms with van der Waals surface area (Å²) >= 11 is 8.58. The van der Waals surface area contributed by atoms with Crippen molar-refractivity contribution >= 4 is 35.3 Å². The third kappa shape index (κ3) is 5.07. The van der Waals surface area contributed by atoms with Gasteiger partial charge in [0.1, 0.15) is 11.5 Å². The molecule has 0 radical (unpaired) electrons. The van der Waals surface area contributed by atoms with Crippen LogP contribution in [-0.2, 0) is 0 Å². The number of para-hydroxylation sites is 1. The Balaban J connectivity index is 1.50. The highest BCUT2D eigenvalue weighted by Crippen LogP contribution is 2.24. The van der Waals surface area contributed by atoms with E-state index in [-0.39, 0.29) is 0 Å². The number of aromatic nitrogens is 2. The second-order valence-electron chi connectivity index (χ2n) is 4.98. The lowest BCUT2D eigenvalue weighted by Gasteiger charge is -2.07. The quantitative estimate of drug-likeness (QED) is 0.299. The molecule has 130 valence electrons. The van der Waals surface area contributed by atoms with Gasteiger partial charge in [-0.25, -0.2) is 4.68 Å². The van der Waals surface area contributed by atoms with Crippen LogP contribution in [0.25, 0.3) is 5.69 Å². The summed E-state index contributed by atoms with van der Waals surface area (Å²) in [6.45, 7) is 3.24. The summed E-state index contributed by atoms with van der Waals surface area (Å²) in [4.78, 5) is 0. The van der Waals surface area contributed by atoms with Gasteiger partial charge in [-0.05, 0) is 55.5 Å². The maximum Gasteiger partial charge on any atom is 0.184 e. The molecule has 0 aliphatic heterocycles. The molecule has 0 amide bonds. The van der Waals surface area contributed by atoms with E-state index in [0.717, 1.165) is 31.2 Å². The van der Waals surface area contributed by atoms with Gasteiger partial charge in [0.05, 0.1) is 18.9 Å². The van der Waals surface area contributed by atoms with Gasteiger partial charge >= 0.3 is 0 Å². The van der Waals surface area contributed by atoms with Crippen molar-refractivity contribution in [3.05, 3.63) is 58.6 Å². The van der Waals surface area contributed by atoms with Gasteiger partial charge in [0, 0.05) is 5.75 Å². The molecule has 4 nitrogen and oxygen atoms in total. The van der Waals surface area contributed by atoms with Crippen LogP contribution in [0.1, 0.15) is 6.92 Å². The Morgan fingerprint density at radius 2 is 1.72 bits per heavy atom. The normalized spacial score (nSPS) is 10.6.